The van der Waals surface area contributed by atoms with E-state index in [2.05, 4.69) is 15.2 Å². The van der Waals surface area contributed by atoms with Gasteiger partial charge in [-0.25, -0.2) is 9.59 Å². The maximum atomic E-state index is 13.1. The zero-order chi connectivity index (χ0) is 28.9. The van der Waals surface area contributed by atoms with Gasteiger partial charge in [0.2, 0.25) is 5.88 Å². The highest BCUT2D eigenvalue weighted by Crippen LogP contribution is 2.32. The molecular formula is C30H23N7O4. The van der Waals surface area contributed by atoms with Gasteiger partial charge >= 0.3 is 12.1 Å². The predicted molar refractivity (Wildman–Crippen MR) is 153 cm³/mol. The van der Waals surface area contributed by atoms with E-state index < -0.39 is 23.8 Å². The number of imide groups is 1. The molecule has 2 aromatic heterocycles. The van der Waals surface area contributed by atoms with Gasteiger partial charge in [0.1, 0.15) is 11.4 Å². The van der Waals surface area contributed by atoms with Gasteiger partial charge < -0.3 is 16.6 Å². The van der Waals surface area contributed by atoms with Crippen LogP contribution in [0.2, 0.25) is 0 Å². The number of carbonyl (C=O) groups is 3. The third kappa shape index (κ3) is 5.40. The second-order valence-corrected chi connectivity index (χ2v) is 8.74. The molecule has 0 unspecified atom stereocenters. The van der Waals surface area contributed by atoms with Crippen molar-refractivity contribution >= 4 is 35.3 Å². The molecule has 0 fully saturated rings. The first-order valence-corrected chi connectivity index (χ1v) is 12.3. The molecule has 0 saturated carbocycles. The van der Waals surface area contributed by atoms with Crippen LogP contribution < -0.4 is 11.5 Å². The Morgan fingerprint density at radius 1 is 0.854 bits per heavy atom. The molecule has 4 aromatic rings. The molecule has 202 valence electrons. The minimum absolute atomic E-state index is 0.157. The lowest BCUT2D eigenvalue weighted by Crippen LogP contribution is -2.33. The largest absolute Gasteiger partial charge is 0.493 e. The molecule has 41 heavy (non-hydrogen) atoms. The normalized spacial score (nSPS) is 14.6. The number of nitrogens with two attached hydrogens (primary N) is 2. The molecule has 1 aliphatic heterocycles. The summed E-state index contributed by atoms with van der Waals surface area (Å²) < 4.78 is 0.720. The van der Waals surface area contributed by atoms with E-state index in [-0.39, 0.29) is 16.8 Å². The van der Waals surface area contributed by atoms with Gasteiger partial charge in [-0.05, 0) is 35.4 Å². The molecule has 5 rings (SSSR count). The van der Waals surface area contributed by atoms with Crippen molar-refractivity contribution in [3.05, 3.63) is 126 Å². The summed E-state index contributed by atoms with van der Waals surface area (Å²) >= 11 is 0. The van der Waals surface area contributed by atoms with Gasteiger partial charge in [-0.3, -0.25) is 9.78 Å². The minimum atomic E-state index is -1.000. The van der Waals surface area contributed by atoms with Gasteiger partial charge in [0.15, 0.2) is 0 Å². The summed E-state index contributed by atoms with van der Waals surface area (Å²) in [5.41, 5.74) is 14.5. The van der Waals surface area contributed by atoms with Crippen LogP contribution in [0.3, 0.4) is 0 Å². The Morgan fingerprint density at radius 3 is 2.10 bits per heavy atom. The smallest absolute Gasteiger partial charge is 0.342 e. The molecule has 11 heteroatoms. The Hall–Kier alpha value is -6.10. The van der Waals surface area contributed by atoms with E-state index in [1.807, 2.05) is 12.1 Å². The van der Waals surface area contributed by atoms with Crippen LogP contribution >= 0.6 is 0 Å². The molecule has 0 atom stereocenters. The van der Waals surface area contributed by atoms with Crippen LogP contribution in [0.25, 0.3) is 22.9 Å². The van der Waals surface area contributed by atoms with E-state index in [0.717, 1.165) is 10.2 Å². The Morgan fingerprint density at radius 2 is 1.49 bits per heavy atom. The third-order valence-corrected chi connectivity index (χ3v) is 6.16. The van der Waals surface area contributed by atoms with Gasteiger partial charge in [0.25, 0.3) is 5.91 Å². The summed E-state index contributed by atoms with van der Waals surface area (Å²) in [5, 5.41) is 19.8. The molecule has 0 spiro atoms. The van der Waals surface area contributed by atoms with Crippen LogP contribution in [0.4, 0.5) is 9.59 Å². The number of amides is 4. The SMILES string of the molecule is NC(=O)N1N=C(c2ccccc2)/C(=C/C=C(/C=C/c2c(-c3ccccc3)nn(C(N)=O)c2O)c2ccncc2)C1=O. The summed E-state index contributed by atoms with van der Waals surface area (Å²) in [7, 11) is 0. The number of primary amides is 2. The fraction of sp³-hybridized carbons (Fsp3) is 0. The lowest BCUT2D eigenvalue weighted by molar-refractivity contribution is -0.122. The molecule has 0 radical (unpaired) electrons. The quantitative estimate of drug-likeness (QED) is 0.245. The highest BCUT2D eigenvalue weighted by atomic mass is 16.3. The number of urea groups is 1. The van der Waals surface area contributed by atoms with Crippen LogP contribution in [0.15, 0.2) is 114 Å². The summed E-state index contributed by atoms with van der Waals surface area (Å²) in [6.45, 7) is 0. The van der Waals surface area contributed by atoms with Gasteiger partial charge in [-0.15, -0.1) is 9.69 Å². The highest BCUT2D eigenvalue weighted by molar-refractivity contribution is 6.33. The topological polar surface area (TPSA) is 170 Å². The average molecular weight is 546 g/mol. The van der Waals surface area contributed by atoms with Crippen molar-refractivity contribution in [2.45, 2.75) is 0 Å². The summed E-state index contributed by atoms with van der Waals surface area (Å²) in [4.78, 5) is 40.9. The number of carbonyl (C=O) groups excluding carboxylic acids is 3. The number of allylic oxidation sites excluding steroid dienone is 4. The predicted octanol–water partition coefficient (Wildman–Crippen LogP) is 3.93. The molecule has 3 heterocycles. The summed E-state index contributed by atoms with van der Waals surface area (Å²) in [5.74, 6) is -1.10. The van der Waals surface area contributed by atoms with Crippen molar-refractivity contribution in [1.82, 2.24) is 19.8 Å². The number of nitrogens with zero attached hydrogens (tertiary/aromatic N) is 5. The maximum Gasteiger partial charge on any atom is 0.342 e. The van der Waals surface area contributed by atoms with E-state index in [9.17, 15) is 19.5 Å². The lowest BCUT2D eigenvalue weighted by Gasteiger charge is -2.05. The zero-order valence-electron chi connectivity index (χ0n) is 21.5. The number of aromatic hydroxyl groups is 1. The first kappa shape index (κ1) is 26.5. The Balaban J connectivity index is 1.62. The Bertz CT molecular complexity index is 1760. The van der Waals surface area contributed by atoms with Crippen molar-refractivity contribution in [2.75, 3.05) is 0 Å². The lowest BCUT2D eigenvalue weighted by atomic mass is 10.00. The Kier molecular flexibility index (Phi) is 7.33. The molecule has 2 aromatic carbocycles. The van der Waals surface area contributed by atoms with Crippen molar-refractivity contribution in [1.29, 1.82) is 0 Å². The molecule has 0 saturated heterocycles. The van der Waals surface area contributed by atoms with Crippen molar-refractivity contribution in [3.63, 3.8) is 0 Å². The second-order valence-electron chi connectivity index (χ2n) is 8.74. The van der Waals surface area contributed by atoms with E-state index in [0.29, 0.717) is 27.4 Å². The van der Waals surface area contributed by atoms with Crippen LogP contribution in [0.5, 0.6) is 5.88 Å². The van der Waals surface area contributed by atoms with E-state index >= 15 is 0 Å². The molecule has 4 amide bonds. The second kappa shape index (κ2) is 11.3. The maximum absolute atomic E-state index is 13.1. The fourth-order valence-corrected chi connectivity index (χ4v) is 4.20. The van der Waals surface area contributed by atoms with E-state index in [1.54, 1.807) is 97.4 Å². The fourth-order valence-electron chi connectivity index (χ4n) is 4.20. The molecule has 11 nitrogen and oxygen atoms in total. The van der Waals surface area contributed by atoms with Crippen molar-refractivity contribution in [3.8, 4) is 17.1 Å². The molecule has 5 N–H and O–H groups in total. The first-order valence-electron chi connectivity index (χ1n) is 12.3. The number of hydrogen-bond acceptors (Lipinski definition) is 7. The highest BCUT2D eigenvalue weighted by Gasteiger charge is 2.33. The zero-order valence-corrected chi connectivity index (χ0v) is 21.5. The summed E-state index contributed by atoms with van der Waals surface area (Å²) in [6, 6.07) is 19.5. The number of benzene rings is 2. The van der Waals surface area contributed by atoms with Crippen LogP contribution in [0.1, 0.15) is 16.7 Å². The summed E-state index contributed by atoms with van der Waals surface area (Å²) in [6.07, 6.45) is 9.70. The first-order chi connectivity index (χ1) is 19.8. The standard InChI is InChI=1S/C30H23N7O4/c31-29(40)36-27(38)23(25(34-36)21-7-3-1-4-8-21)13-11-19(20-15-17-33-18-16-20)12-14-24-26(22-9-5-2-6-10-22)35-37(28(24)39)30(32)41/h1-18,38H,(H2,31,40)(H2,32,41)/b13-11+,19-12-,24-14-. The number of aromatic nitrogens is 3. The van der Waals surface area contributed by atoms with E-state index in [4.69, 9.17) is 11.5 Å². The number of hydrogen-bond donors (Lipinski definition) is 3. The van der Waals surface area contributed by atoms with Crippen molar-refractivity contribution < 1.29 is 19.5 Å². The molecule has 0 aliphatic carbocycles. The van der Waals surface area contributed by atoms with E-state index in [1.165, 1.54) is 0 Å². The number of rotatable bonds is 6. The van der Waals surface area contributed by atoms with Gasteiger partial charge in [0, 0.05) is 23.5 Å². The van der Waals surface area contributed by atoms with Crippen LogP contribution in [-0.2, 0) is 4.79 Å². The van der Waals surface area contributed by atoms with Crippen molar-refractivity contribution in [2.24, 2.45) is 16.6 Å². The molecular weight excluding hydrogens is 522 g/mol. The van der Waals surface area contributed by atoms with Crippen LogP contribution in [0, 0.1) is 0 Å². The molecule has 1 aliphatic rings. The van der Waals surface area contributed by atoms with Gasteiger partial charge in [-0.1, -0.05) is 72.8 Å². The minimum Gasteiger partial charge on any atom is -0.493 e. The monoisotopic (exact) mass is 545 g/mol. The Labute approximate surface area is 234 Å². The number of hydrazone groups is 1. The third-order valence-electron chi connectivity index (χ3n) is 6.16. The average Bonchev–Trinajstić information content (AvgIpc) is 3.51. The van der Waals surface area contributed by atoms with Gasteiger partial charge in [0.05, 0.1) is 11.1 Å². The van der Waals surface area contributed by atoms with Gasteiger partial charge in [-0.2, -0.15) is 10.2 Å². The van der Waals surface area contributed by atoms with Crippen LogP contribution in [-0.4, -0.2) is 48.6 Å². The molecule has 0 bridgehead atoms. The number of pyridine rings is 1.